The van der Waals surface area contributed by atoms with Gasteiger partial charge in [0, 0.05) is 5.56 Å². The van der Waals surface area contributed by atoms with Crippen LogP contribution in [0.5, 0.6) is 0 Å². The Morgan fingerprint density at radius 2 is 1.81 bits per heavy atom. The van der Waals surface area contributed by atoms with E-state index in [4.69, 9.17) is 39.2 Å². The fourth-order valence-corrected chi connectivity index (χ4v) is 2.86. The van der Waals surface area contributed by atoms with E-state index < -0.39 is 5.91 Å². The number of carbonyl (C=O) groups is 1. The molecule has 0 aliphatic heterocycles. The molecule has 0 saturated carbocycles. The van der Waals surface area contributed by atoms with Crippen molar-refractivity contribution in [3.63, 3.8) is 0 Å². The molecule has 26 heavy (non-hydrogen) atoms. The van der Waals surface area contributed by atoms with E-state index >= 15 is 0 Å². The summed E-state index contributed by atoms with van der Waals surface area (Å²) in [6.07, 6.45) is 1.40. The number of aryl methyl sites for hydroxylation is 1. The highest BCUT2D eigenvalue weighted by molar-refractivity contribution is 6.42. The lowest BCUT2D eigenvalue weighted by molar-refractivity contribution is 0.0955. The minimum Gasteiger partial charge on any atom is -0.455 e. The van der Waals surface area contributed by atoms with E-state index in [-0.39, 0.29) is 0 Å². The molecule has 0 aliphatic carbocycles. The van der Waals surface area contributed by atoms with Gasteiger partial charge in [-0.3, -0.25) is 4.79 Å². The fourth-order valence-electron chi connectivity index (χ4n) is 2.25. The first-order valence-electron chi connectivity index (χ1n) is 7.59. The number of rotatable bonds is 4. The first-order chi connectivity index (χ1) is 12.4. The van der Waals surface area contributed by atoms with Crippen LogP contribution in [0.3, 0.4) is 0 Å². The average Bonchev–Trinajstić information content (AvgIpc) is 3.06. The molecule has 7 heteroatoms. The van der Waals surface area contributed by atoms with Gasteiger partial charge in [0.25, 0.3) is 5.91 Å². The molecule has 1 aromatic heterocycles. The topological polar surface area (TPSA) is 54.6 Å². The zero-order chi connectivity index (χ0) is 18.7. The molecule has 132 valence electrons. The number of hydrazone groups is 1. The molecule has 2 aromatic carbocycles. The molecule has 0 unspecified atom stereocenters. The summed E-state index contributed by atoms with van der Waals surface area (Å²) < 4.78 is 5.66. The molecule has 0 aliphatic rings. The van der Waals surface area contributed by atoms with Crippen molar-refractivity contribution in [2.24, 2.45) is 5.10 Å². The van der Waals surface area contributed by atoms with Gasteiger partial charge >= 0.3 is 0 Å². The molecular weight excluding hydrogens is 395 g/mol. The lowest BCUT2D eigenvalue weighted by Gasteiger charge is -2.03. The van der Waals surface area contributed by atoms with Gasteiger partial charge in [0.1, 0.15) is 11.5 Å². The van der Waals surface area contributed by atoms with Crippen LogP contribution in [0.15, 0.2) is 58.0 Å². The van der Waals surface area contributed by atoms with Gasteiger partial charge in [0.05, 0.1) is 26.8 Å². The number of amides is 1. The van der Waals surface area contributed by atoms with Gasteiger partial charge in [-0.1, -0.05) is 40.9 Å². The van der Waals surface area contributed by atoms with Crippen molar-refractivity contribution >= 4 is 46.9 Å². The van der Waals surface area contributed by atoms with Crippen molar-refractivity contribution in [2.75, 3.05) is 0 Å². The molecule has 3 rings (SSSR count). The summed E-state index contributed by atoms with van der Waals surface area (Å²) in [6, 6.07) is 13.9. The number of hydrogen-bond acceptors (Lipinski definition) is 3. The molecule has 0 spiro atoms. The lowest BCUT2D eigenvalue weighted by Crippen LogP contribution is -2.18. The van der Waals surface area contributed by atoms with E-state index in [1.165, 1.54) is 6.21 Å². The molecule has 0 atom stereocenters. The summed E-state index contributed by atoms with van der Waals surface area (Å²) in [5.41, 5.74) is 4.53. The van der Waals surface area contributed by atoms with Gasteiger partial charge in [0.2, 0.25) is 0 Å². The third-order valence-electron chi connectivity index (χ3n) is 3.56. The minimum atomic E-state index is -0.400. The fraction of sp³-hybridized carbons (Fsp3) is 0.0526. The summed E-state index contributed by atoms with van der Waals surface area (Å²) in [5, 5.41) is 5.18. The van der Waals surface area contributed by atoms with Crippen LogP contribution in [0.25, 0.3) is 11.3 Å². The van der Waals surface area contributed by atoms with Gasteiger partial charge in [-0.2, -0.15) is 5.10 Å². The van der Waals surface area contributed by atoms with Crippen molar-refractivity contribution in [3.8, 4) is 11.3 Å². The minimum absolute atomic E-state index is 0.352. The molecule has 0 saturated heterocycles. The molecule has 1 N–H and O–H groups in total. The standard InChI is InChI=1S/C19H13Cl3N2O2/c1-11-2-5-14(16(21)8-11)19(25)24-23-10-13-4-7-18(26-13)12-3-6-15(20)17(22)9-12/h2-10H,1H3,(H,24,25)/b23-10-. The summed E-state index contributed by atoms with van der Waals surface area (Å²) in [7, 11) is 0. The van der Waals surface area contributed by atoms with Crippen LogP contribution in [0.1, 0.15) is 21.7 Å². The van der Waals surface area contributed by atoms with Crippen molar-refractivity contribution in [1.82, 2.24) is 5.43 Å². The van der Waals surface area contributed by atoms with Crippen LogP contribution >= 0.6 is 34.8 Å². The van der Waals surface area contributed by atoms with Gasteiger partial charge < -0.3 is 4.42 Å². The second-order valence-corrected chi connectivity index (χ2v) is 6.73. The van der Waals surface area contributed by atoms with Crippen LogP contribution in [-0.4, -0.2) is 12.1 Å². The highest BCUT2D eigenvalue weighted by Crippen LogP contribution is 2.29. The Kier molecular flexibility index (Phi) is 5.67. The van der Waals surface area contributed by atoms with E-state index in [0.717, 1.165) is 11.1 Å². The van der Waals surface area contributed by atoms with E-state index in [9.17, 15) is 4.79 Å². The van der Waals surface area contributed by atoms with Crippen LogP contribution in [0.4, 0.5) is 0 Å². The second kappa shape index (κ2) is 7.96. The Morgan fingerprint density at radius 3 is 2.54 bits per heavy atom. The molecule has 0 radical (unpaired) electrons. The Morgan fingerprint density at radius 1 is 1.00 bits per heavy atom. The molecule has 0 bridgehead atoms. The highest BCUT2D eigenvalue weighted by atomic mass is 35.5. The maximum Gasteiger partial charge on any atom is 0.272 e. The molecular formula is C19H13Cl3N2O2. The SMILES string of the molecule is Cc1ccc(C(=O)N/N=C\c2ccc(-c3ccc(Cl)c(Cl)c3)o2)c(Cl)c1. The quantitative estimate of drug-likeness (QED) is 0.427. The zero-order valence-electron chi connectivity index (χ0n) is 13.6. The van der Waals surface area contributed by atoms with Crippen LogP contribution < -0.4 is 5.43 Å². The molecule has 4 nitrogen and oxygen atoms in total. The highest BCUT2D eigenvalue weighted by Gasteiger charge is 2.10. The van der Waals surface area contributed by atoms with Crippen LogP contribution in [0, 0.1) is 6.92 Å². The Balaban J connectivity index is 1.68. The number of halogens is 3. The third-order valence-corrected chi connectivity index (χ3v) is 4.61. The molecule has 0 fully saturated rings. The maximum absolute atomic E-state index is 12.1. The Bertz CT molecular complexity index is 996. The summed E-state index contributed by atoms with van der Waals surface area (Å²) in [6.45, 7) is 1.90. The van der Waals surface area contributed by atoms with Crippen molar-refractivity contribution in [2.45, 2.75) is 6.92 Å². The van der Waals surface area contributed by atoms with Crippen molar-refractivity contribution in [1.29, 1.82) is 0 Å². The largest absolute Gasteiger partial charge is 0.455 e. The summed E-state index contributed by atoms with van der Waals surface area (Å²) >= 11 is 18.0. The van der Waals surface area contributed by atoms with E-state index in [1.807, 2.05) is 6.92 Å². The second-order valence-electron chi connectivity index (χ2n) is 5.51. The summed E-state index contributed by atoms with van der Waals surface area (Å²) in [4.78, 5) is 12.1. The van der Waals surface area contributed by atoms with Gasteiger partial charge in [0.15, 0.2) is 0 Å². The van der Waals surface area contributed by atoms with E-state index in [2.05, 4.69) is 10.5 Å². The third kappa shape index (κ3) is 4.28. The van der Waals surface area contributed by atoms with Crippen molar-refractivity contribution in [3.05, 3.63) is 80.5 Å². The van der Waals surface area contributed by atoms with E-state index in [1.54, 1.807) is 48.5 Å². The molecule has 3 aromatic rings. The smallest absolute Gasteiger partial charge is 0.272 e. The van der Waals surface area contributed by atoms with E-state index in [0.29, 0.717) is 32.2 Å². The first kappa shape index (κ1) is 18.5. The summed E-state index contributed by atoms with van der Waals surface area (Å²) in [5.74, 6) is 0.682. The van der Waals surface area contributed by atoms with Gasteiger partial charge in [-0.25, -0.2) is 5.43 Å². The number of carbonyl (C=O) groups excluding carboxylic acids is 1. The lowest BCUT2D eigenvalue weighted by atomic mass is 10.1. The number of hydrogen-bond donors (Lipinski definition) is 1. The number of nitrogens with one attached hydrogen (secondary N) is 1. The number of nitrogens with zero attached hydrogens (tertiary/aromatic N) is 1. The van der Waals surface area contributed by atoms with Gasteiger partial charge in [-0.15, -0.1) is 0 Å². The number of benzene rings is 2. The van der Waals surface area contributed by atoms with Crippen molar-refractivity contribution < 1.29 is 9.21 Å². The van der Waals surface area contributed by atoms with Gasteiger partial charge in [-0.05, 0) is 55.0 Å². The Hall–Kier alpha value is -2.27. The van der Waals surface area contributed by atoms with Crippen LogP contribution in [-0.2, 0) is 0 Å². The predicted octanol–water partition coefficient (Wildman–Crippen LogP) is 5.98. The number of furan rings is 1. The molecule has 1 heterocycles. The first-order valence-corrected chi connectivity index (χ1v) is 8.72. The predicted molar refractivity (Wildman–Crippen MR) is 105 cm³/mol. The maximum atomic E-state index is 12.1. The monoisotopic (exact) mass is 406 g/mol. The average molecular weight is 408 g/mol. The normalized spacial score (nSPS) is 11.1. The molecule has 1 amide bonds. The zero-order valence-corrected chi connectivity index (χ0v) is 15.9. The Labute approximate surface area is 165 Å². The van der Waals surface area contributed by atoms with Crippen LogP contribution in [0.2, 0.25) is 15.1 Å².